The molecule has 1 aromatic heterocycles. The molecule has 4 heteroatoms. The predicted molar refractivity (Wildman–Crippen MR) is 59.5 cm³/mol. The normalized spacial score (nSPS) is 11.0. The van der Waals surface area contributed by atoms with Gasteiger partial charge in [-0.25, -0.2) is 0 Å². The lowest BCUT2D eigenvalue weighted by atomic mass is 10.2. The van der Waals surface area contributed by atoms with Crippen molar-refractivity contribution in [1.29, 1.82) is 0 Å². The molecule has 1 aromatic carbocycles. The van der Waals surface area contributed by atoms with Gasteiger partial charge < -0.3 is 10.2 Å². The number of furan rings is 1. The van der Waals surface area contributed by atoms with Crippen LogP contribution >= 0.6 is 31.9 Å². The molecule has 0 bridgehead atoms. The van der Waals surface area contributed by atoms with E-state index in [2.05, 4.69) is 31.9 Å². The lowest BCUT2D eigenvalue weighted by Crippen LogP contribution is -1.93. The molecule has 0 aliphatic carbocycles. The topological polar surface area (TPSA) is 39.2 Å². The number of rotatable bonds is 1. The smallest absolute Gasteiger partial charge is 0.148 e. The molecule has 2 rings (SSSR count). The maximum atomic E-state index is 5.57. The van der Waals surface area contributed by atoms with Gasteiger partial charge in [-0.05, 0) is 28.1 Å². The van der Waals surface area contributed by atoms with E-state index in [-0.39, 0.29) is 0 Å². The predicted octanol–water partition coefficient (Wildman–Crippen LogP) is 3.42. The van der Waals surface area contributed by atoms with Crippen molar-refractivity contribution in [3.8, 4) is 0 Å². The molecule has 0 aliphatic heterocycles. The van der Waals surface area contributed by atoms with Gasteiger partial charge in [0.15, 0.2) is 0 Å². The van der Waals surface area contributed by atoms with Crippen molar-refractivity contribution in [2.45, 2.75) is 6.54 Å². The third kappa shape index (κ3) is 1.54. The summed E-state index contributed by atoms with van der Waals surface area (Å²) in [6, 6.07) is 3.96. The number of benzene rings is 1. The van der Waals surface area contributed by atoms with Crippen LogP contribution in [0.5, 0.6) is 0 Å². The van der Waals surface area contributed by atoms with Crippen LogP contribution in [0.4, 0.5) is 0 Å². The van der Waals surface area contributed by atoms with Crippen LogP contribution in [-0.4, -0.2) is 0 Å². The first kappa shape index (κ1) is 9.24. The van der Waals surface area contributed by atoms with Gasteiger partial charge in [-0.3, -0.25) is 0 Å². The molecule has 2 nitrogen and oxygen atoms in total. The fourth-order valence-corrected chi connectivity index (χ4v) is 2.59. The monoisotopic (exact) mass is 303 g/mol. The Morgan fingerprint density at radius 2 is 2.08 bits per heavy atom. The minimum Gasteiger partial charge on any atom is -0.463 e. The molecule has 0 aliphatic rings. The summed E-state index contributed by atoms with van der Waals surface area (Å²) >= 11 is 6.84. The molecule has 0 spiro atoms. The molecule has 0 radical (unpaired) electrons. The SMILES string of the molecule is NCc1coc2c(Br)cc(Br)cc12. The lowest BCUT2D eigenvalue weighted by molar-refractivity contribution is 0.609. The van der Waals surface area contributed by atoms with E-state index >= 15 is 0 Å². The maximum absolute atomic E-state index is 5.57. The van der Waals surface area contributed by atoms with Gasteiger partial charge in [0.25, 0.3) is 0 Å². The van der Waals surface area contributed by atoms with E-state index in [1.54, 1.807) is 6.26 Å². The van der Waals surface area contributed by atoms with Gasteiger partial charge in [0.05, 0.1) is 10.7 Å². The van der Waals surface area contributed by atoms with Gasteiger partial charge in [0.2, 0.25) is 0 Å². The zero-order valence-electron chi connectivity index (χ0n) is 6.68. The highest BCUT2D eigenvalue weighted by molar-refractivity contribution is 9.11. The Labute approximate surface area is 92.3 Å². The molecule has 0 saturated carbocycles. The molecule has 68 valence electrons. The summed E-state index contributed by atoms with van der Waals surface area (Å²) in [7, 11) is 0. The molecule has 0 saturated heterocycles. The molecular formula is C9H7Br2NO. The Morgan fingerprint density at radius 3 is 2.77 bits per heavy atom. The number of hydrogen-bond donors (Lipinski definition) is 1. The molecule has 2 aromatic rings. The van der Waals surface area contributed by atoms with E-state index in [1.807, 2.05) is 12.1 Å². The standard InChI is InChI=1S/C9H7Br2NO/c10-6-1-7-5(3-12)4-13-9(7)8(11)2-6/h1-2,4H,3,12H2. The summed E-state index contributed by atoms with van der Waals surface area (Å²) in [6.45, 7) is 0.496. The second-order valence-corrected chi connectivity index (χ2v) is 4.50. The molecule has 13 heavy (non-hydrogen) atoms. The molecule has 0 unspecified atom stereocenters. The Balaban J connectivity index is 2.82. The van der Waals surface area contributed by atoms with Gasteiger partial charge >= 0.3 is 0 Å². The van der Waals surface area contributed by atoms with Crippen LogP contribution in [0.1, 0.15) is 5.56 Å². The number of hydrogen-bond acceptors (Lipinski definition) is 2. The highest BCUT2D eigenvalue weighted by atomic mass is 79.9. The van der Waals surface area contributed by atoms with Crippen molar-refractivity contribution < 1.29 is 4.42 Å². The van der Waals surface area contributed by atoms with Crippen LogP contribution in [0, 0.1) is 0 Å². The van der Waals surface area contributed by atoms with E-state index in [1.165, 1.54) is 0 Å². The quantitative estimate of drug-likeness (QED) is 0.877. The molecule has 0 fully saturated rings. The second kappa shape index (κ2) is 3.44. The van der Waals surface area contributed by atoms with Crippen LogP contribution < -0.4 is 5.73 Å². The van der Waals surface area contributed by atoms with E-state index in [9.17, 15) is 0 Å². The van der Waals surface area contributed by atoms with E-state index < -0.39 is 0 Å². The Morgan fingerprint density at radius 1 is 1.31 bits per heavy atom. The molecule has 0 atom stereocenters. The van der Waals surface area contributed by atoms with Crippen LogP contribution in [0.2, 0.25) is 0 Å². The third-order valence-electron chi connectivity index (χ3n) is 1.89. The largest absolute Gasteiger partial charge is 0.463 e. The minimum atomic E-state index is 0.496. The summed E-state index contributed by atoms with van der Waals surface area (Å²) in [5, 5.41) is 1.06. The average molecular weight is 305 g/mol. The third-order valence-corrected chi connectivity index (χ3v) is 2.94. The summed E-state index contributed by atoms with van der Waals surface area (Å²) in [6.07, 6.45) is 1.70. The van der Waals surface area contributed by atoms with Gasteiger partial charge in [0.1, 0.15) is 5.58 Å². The second-order valence-electron chi connectivity index (χ2n) is 2.73. The Kier molecular flexibility index (Phi) is 2.45. The first-order valence-electron chi connectivity index (χ1n) is 3.77. The van der Waals surface area contributed by atoms with E-state index in [0.717, 1.165) is 25.5 Å². The Hall–Kier alpha value is -0.320. The van der Waals surface area contributed by atoms with Gasteiger partial charge in [-0.2, -0.15) is 0 Å². The van der Waals surface area contributed by atoms with Crippen molar-refractivity contribution in [2.24, 2.45) is 5.73 Å². The van der Waals surface area contributed by atoms with E-state index in [4.69, 9.17) is 10.2 Å². The van der Waals surface area contributed by atoms with Crippen molar-refractivity contribution in [3.05, 3.63) is 32.9 Å². The van der Waals surface area contributed by atoms with Crippen molar-refractivity contribution in [2.75, 3.05) is 0 Å². The number of fused-ring (bicyclic) bond motifs is 1. The van der Waals surface area contributed by atoms with E-state index in [0.29, 0.717) is 6.54 Å². The highest BCUT2D eigenvalue weighted by Gasteiger charge is 2.08. The zero-order valence-corrected chi connectivity index (χ0v) is 9.85. The first-order chi connectivity index (χ1) is 6.22. The van der Waals surface area contributed by atoms with Crippen LogP contribution in [0.25, 0.3) is 11.0 Å². The summed E-state index contributed by atoms with van der Waals surface area (Å²) in [5.41, 5.74) is 7.45. The minimum absolute atomic E-state index is 0.496. The van der Waals surface area contributed by atoms with Gasteiger partial charge in [-0.15, -0.1) is 0 Å². The number of nitrogens with two attached hydrogens (primary N) is 1. The molecule has 1 heterocycles. The number of halogens is 2. The van der Waals surface area contributed by atoms with Crippen LogP contribution in [0.15, 0.2) is 31.8 Å². The van der Waals surface area contributed by atoms with Gasteiger partial charge in [-0.1, -0.05) is 15.9 Å². The van der Waals surface area contributed by atoms with Crippen molar-refractivity contribution in [3.63, 3.8) is 0 Å². The van der Waals surface area contributed by atoms with Crippen molar-refractivity contribution >= 4 is 42.8 Å². The lowest BCUT2D eigenvalue weighted by Gasteiger charge is -1.96. The highest BCUT2D eigenvalue weighted by Crippen LogP contribution is 2.31. The summed E-state index contributed by atoms with van der Waals surface area (Å²) in [5.74, 6) is 0. The first-order valence-corrected chi connectivity index (χ1v) is 5.36. The summed E-state index contributed by atoms with van der Waals surface area (Å²) < 4.78 is 7.34. The van der Waals surface area contributed by atoms with Gasteiger partial charge in [0, 0.05) is 22.0 Å². The maximum Gasteiger partial charge on any atom is 0.148 e. The Bertz CT molecular complexity index is 450. The summed E-state index contributed by atoms with van der Waals surface area (Å²) in [4.78, 5) is 0. The fraction of sp³-hybridized carbons (Fsp3) is 0.111. The van der Waals surface area contributed by atoms with Crippen LogP contribution in [0.3, 0.4) is 0 Å². The average Bonchev–Trinajstić information content (AvgIpc) is 2.47. The molecule has 2 N–H and O–H groups in total. The molecule has 0 amide bonds. The fourth-order valence-electron chi connectivity index (χ4n) is 1.27. The van der Waals surface area contributed by atoms with Crippen LogP contribution in [-0.2, 0) is 6.54 Å². The molecular weight excluding hydrogens is 298 g/mol. The zero-order chi connectivity index (χ0) is 9.42. The van der Waals surface area contributed by atoms with Crippen molar-refractivity contribution in [1.82, 2.24) is 0 Å².